The predicted octanol–water partition coefficient (Wildman–Crippen LogP) is 3.56. The maximum atomic E-state index is 12.3. The number of phenols is 2. The normalized spacial score (nSPS) is 12.0. The first-order valence-corrected chi connectivity index (χ1v) is 7.12. The minimum Gasteiger partial charge on any atom is -0.507 e. The summed E-state index contributed by atoms with van der Waals surface area (Å²) in [5, 5.41) is 21.0. The van der Waals surface area contributed by atoms with Gasteiger partial charge < -0.3 is 14.9 Å². The van der Waals surface area contributed by atoms with E-state index in [4.69, 9.17) is 4.74 Å². The molecule has 3 aromatic rings. The third-order valence-corrected chi connectivity index (χ3v) is 3.65. The van der Waals surface area contributed by atoms with E-state index in [0.717, 1.165) is 5.56 Å². The summed E-state index contributed by atoms with van der Waals surface area (Å²) < 4.78 is 5.39. The summed E-state index contributed by atoms with van der Waals surface area (Å²) in [7, 11) is 0. The molecule has 116 valence electrons. The standard InChI is InChI=1S/C18H15NO4/c1-11(12-5-7-19-8-6-12)23-18(22)15-9-13-3-2-4-16(20)14(13)10-17(15)21/h2-11,20-21H,1H3/t11-/m1/s1. The van der Waals surface area contributed by atoms with Gasteiger partial charge in [-0.05, 0) is 48.2 Å². The van der Waals surface area contributed by atoms with E-state index in [2.05, 4.69) is 4.98 Å². The van der Waals surface area contributed by atoms with Crippen LogP contribution in [-0.2, 0) is 4.74 Å². The lowest BCUT2D eigenvalue weighted by molar-refractivity contribution is 0.0334. The van der Waals surface area contributed by atoms with Gasteiger partial charge in [0.1, 0.15) is 23.2 Å². The molecule has 0 aliphatic rings. The molecule has 23 heavy (non-hydrogen) atoms. The third kappa shape index (κ3) is 2.94. The highest BCUT2D eigenvalue weighted by Crippen LogP contribution is 2.32. The van der Waals surface area contributed by atoms with Gasteiger partial charge in [0.05, 0.1) is 0 Å². The van der Waals surface area contributed by atoms with Gasteiger partial charge in [0, 0.05) is 17.8 Å². The van der Waals surface area contributed by atoms with E-state index in [1.807, 2.05) is 0 Å². The van der Waals surface area contributed by atoms with E-state index >= 15 is 0 Å². The van der Waals surface area contributed by atoms with Crippen LogP contribution in [0.1, 0.15) is 28.9 Å². The maximum absolute atomic E-state index is 12.3. The van der Waals surface area contributed by atoms with Crippen LogP contribution in [0.2, 0.25) is 0 Å². The lowest BCUT2D eigenvalue weighted by Crippen LogP contribution is -2.09. The van der Waals surface area contributed by atoms with Gasteiger partial charge in [0.25, 0.3) is 0 Å². The second-order valence-corrected chi connectivity index (χ2v) is 5.20. The van der Waals surface area contributed by atoms with Crippen LogP contribution in [-0.4, -0.2) is 21.2 Å². The molecule has 2 N–H and O–H groups in total. The van der Waals surface area contributed by atoms with Gasteiger partial charge in [-0.15, -0.1) is 0 Å². The molecule has 2 aromatic carbocycles. The molecule has 1 atom stereocenters. The molecule has 0 fully saturated rings. The molecule has 0 bridgehead atoms. The van der Waals surface area contributed by atoms with Gasteiger partial charge in [-0.2, -0.15) is 0 Å². The molecular weight excluding hydrogens is 294 g/mol. The van der Waals surface area contributed by atoms with Crippen molar-refractivity contribution in [3.63, 3.8) is 0 Å². The molecule has 0 saturated carbocycles. The first-order valence-electron chi connectivity index (χ1n) is 7.12. The number of benzene rings is 2. The lowest BCUT2D eigenvalue weighted by atomic mass is 10.0. The Morgan fingerprint density at radius 2 is 1.83 bits per heavy atom. The number of carbonyl (C=O) groups is 1. The topological polar surface area (TPSA) is 79.7 Å². The Morgan fingerprint density at radius 3 is 2.57 bits per heavy atom. The Hall–Kier alpha value is -3.08. The molecule has 5 heteroatoms. The number of hydrogen-bond donors (Lipinski definition) is 2. The van der Waals surface area contributed by atoms with Crippen molar-refractivity contribution in [1.82, 2.24) is 4.98 Å². The monoisotopic (exact) mass is 309 g/mol. The molecule has 0 aliphatic carbocycles. The number of nitrogens with zero attached hydrogens (tertiary/aromatic N) is 1. The van der Waals surface area contributed by atoms with Crippen molar-refractivity contribution < 1.29 is 19.7 Å². The minimum atomic E-state index is -0.628. The van der Waals surface area contributed by atoms with Crippen molar-refractivity contribution in [2.75, 3.05) is 0 Å². The van der Waals surface area contributed by atoms with Gasteiger partial charge >= 0.3 is 5.97 Å². The smallest absolute Gasteiger partial charge is 0.342 e. The van der Waals surface area contributed by atoms with Crippen LogP contribution < -0.4 is 0 Å². The zero-order valence-electron chi connectivity index (χ0n) is 12.4. The highest BCUT2D eigenvalue weighted by Gasteiger charge is 2.18. The van der Waals surface area contributed by atoms with Crippen LogP contribution in [0.15, 0.2) is 54.9 Å². The zero-order valence-corrected chi connectivity index (χ0v) is 12.4. The molecule has 1 aromatic heterocycles. The Morgan fingerprint density at radius 1 is 1.09 bits per heavy atom. The molecular formula is C18H15NO4. The number of pyridine rings is 1. The summed E-state index contributed by atoms with van der Waals surface area (Å²) in [5.74, 6) is -0.814. The van der Waals surface area contributed by atoms with Crippen molar-refractivity contribution in [1.29, 1.82) is 0 Å². The number of fused-ring (bicyclic) bond motifs is 1. The van der Waals surface area contributed by atoms with Crippen molar-refractivity contribution in [3.8, 4) is 11.5 Å². The SMILES string of the molecule is C[C@@H](OC(=O)c1cc2cccc(O)c2cc1O)c1ccncc1. The highest BCUT2D eigenvalue weighted by molar-refractivity contribution is 6.00. The van der Waals surface area contributed by atoms with Crippen LogP contribution in [0.5, 0.6) is 11.5 Å². The van der Waals surface area contributed by atoms with E-state index in [1.54, 1.807) is 43.6 Å². The van der Waals surface area contributed by atoms with Gasteiger partial charge in [-0.3, -0.25) is 4.98 Å². The second kappa shape index (κ2) is 5.96. The summed E-state index contributed by atoms with van der Waals surface area (Å²) in [4.78, 5) is 16.2. The van der Waals surface area contributed by atoms with E-state index in [-0.39, 0.29) is 17.1 Å². The summed E-state index contributed by atoms with van der Waals surface area (Å²) in [6.07, 6.45) is 2.77. The number of rotatable bonds is 3. The molecule has 0 amide bonds. The summed E-state index contributed by atoms with van der Waals surface area (Å²) in [5.41, 5.74) is 0.871. The maximum Gasteiger partial charge on any atom is 0.342 e. The van der Waals surface area contributed by atoms with Gasteiger partial charge in [-0.25, -0.2) is 4.79 Å². The Kier molecular flexibility index (Phi) is 3.85. The number of ether oxygens (including phenoxy) is 1. The summed E-state index contributed by atoms with van der Waals surface area (Å²) in [6, 6.07) is 11.3. The van der Waals surface area contributed by atoms with Crippen LogP contribution in [0.25, 0.3) is 10.8 Å². The third-order valence-electron chi connectivity index (χ3n) is 3.65. The predicted molar refractivity (Wildman–Crippen MR) is 85.3 cm³/mol. The average Bonchev–Trinajstić information content (AvgIpc) is 2.56. The van der Waals surface area contributed by atoms with E-state index in [9.17, 15) is 15.0 Å². The molecule has 1 heterocycles. The number of phenolic OH excluding ortho intramolecular Hbond substituents is 2. The fourth-order valence-electron chi connectivity index (χ4n) is 2.39. The van der Waals surface area contributed by atoms with Gasteiger partial charge in [0.15, 0.2) is 0 Å². The van der Waals surface area contributed by atoms with Crippen molar-refractivity contribution >= 4 is 16.7 Å². The first kappa shape index (κ1) is 14.8. The fraction of sp³-hybridized carbons (Fsp3) is 0.111. The number of hydrogen-bond acceptors (Lipinski definition) is 5. The van der Waals surface area contributed by atoms with E-state index in [1.165, 1.54) is 18.2 Å². The van der Waals surface area contributed by atoms with Gasteiger partial charge in [-0.1, -0.05) is 12.1 Å². The van der Waals surface area contributed by atoms with Crippen molar-refractivity contribution in [2.45, 2.75) is 13.0 Å². The summed E-state index contributed by atoms with van der Waals surface area (Å²) in [6.45, 7) is 1.75. The number of aromatic nitrogens is 1. The Bertz CT molecular complexity index is 862. The number of carbonyl (C=O) groups excluding carboxylic acids is 1. The largest absolute Gasteiger partial charge is 0.507 e. The Balaban J connectivity index is 1.90. The van der Waals surface area contributed by atoms with Crippen LogP contribution in [0.3, 0.4) is 0 Å². The molecule has 0 radical (unpaired) electrons. The van der Waals surface area contributed by atoms with Crippen molar-refractivity contribution in [3.05, 3.63) is 66.0 Å². The molecule has 0 saturated heterocycles. The Labute approximate surface area is 132 Å². The van der Waals surface area contributed by atoms with E-state index in [0.29, 0.717) is 10.8 Å². The summed E-state index contributed by atoms with van der Waals surface area (Å²) >= 11 is 0. The molecule has 0 unspecified atom stereocenters. The second-order valence-electron chi connectivity index (χ2n) is 5.20. The number of aromatic hydroxyl groups is 2. The molecule has 3 rings (SSSR count). The molecule has 0 aliphatic heterocycles. The van der Waals surface area contributed by atoms with Gasteiger partial charge in [0.2, 0.25) is 0 Å². The number of esters is 1. The van der Waals surface area contributed by atoms with Crippen molar-refractivity contribution in [2.24, 2.45) is 0 Å². The highest BCUT2D eigenvalue weighted by atomic mass is 16.5. The lowest BCUT2D eigenvalue weighted by Gasteiger charge is -2.14. The first-order chi connectivity index (χ1) is 11.1. The fourth-order valence-corrected chi connectivity index (χ4v) is 2.39. The zero-order chi connectivity index (χ0) is 16.4. The van der Waals surface area contributed by atoms with Crippen LogP contribution >= 0.6 is 0 Å². The van der Waals surface area contributed by atoms with Crippen LogP contribution in [0, 0.1) is 0 Å². The minimum absolute atomic E-state index is 0.0443. The molecule has 0 spiro atoms. The quantitative estimate of drug-likeness (QED) is 0.723. The van der Waals surface area contributed by atoms with Crippen LogP contribution in [0.4, 0.5) is 0 Å². The van der Waals surface area contributed by atoms with E-state index < -0.39 is 12.1 Å². The average molecular weight is 309 g/mol. The molecule has 5 nitrogen and oxygen atoms in total.